The smallest absolute Gasteiger partial charge is 0.323 e. The Bertz CT molecular complexity index is 1130. The highest BCUT2D eigenvalue weighted by atomic mass is 32.2. The lowest BCUT2D eigenvalue weighted by atomic mass is 9.80. The quantitative estimate of drug-likeness (QED) is 0.274. The maximum atomic E-state index is 13.4. The van der Waals surface area contributed by atoms with Crippen LogP contribution < -0.4 is 5.32 Å². The summed E-state index contributed by atoms with van der Waals surface area (Å²) in [5, 5.41) is 14.9. The molecule has 0 saturated carbocycles. The van der Waals surface area contributed by atoms with Crippen molar-refractivity contribution in [1.82, 2.24) is 5.32 Å². The molecule has 1 atom stereocenters. The van der Waals surface area contributed by atoms with Crippen LogP contribution >= 0.6 is 11.8 Å². The van der Waals surface area contributed by atoms with E-state index in [-0.39, 0.29) is 5.97 Å². The van der Waals surface area contributed by atoms with Crippen molar-refractivity contribution in [2.24, 2.45) is 0 Å². The molecule has 1 aliphatic rings. The first-order valence-electron chi connectivity index (χ1n) is 11.1. The molecule has 1 aliphatic carbocycles. The topological polar surface area (TPSA) is 62.1 Å². The lowest BCUT2D eigenvalue weighted by molar-refractivity contribution is -0.158. The summed E-state index contributed by atoms with van der Waals surface area (Å²) in [7, 11) is 0. The van der Waals surface area contributed by atoms with Crippen LogP contribution in [0.3, 0.4) is 0 Å². The van der Waals surface area contributed by atoms with Crippen molar-refractivity contribution in [2.45, 2.75) is 44.4 Å². The molecule has 0 aliphatic heterocycles. The van der Waals surface area contributed by atoms with E-state index in [9.17, 15) is 4.79 Å². The molecule has 4 rings (SSSR count). The highest BCUT2D eigenvalue weighted by Crippen LogP contribution is 2.51. The van der Waals surface area contributed by atoms with Gasteiger partial charge in [0.2, 0.25) is 0 Å². The number of hydrogen-bond acceptors (Lipinski definition) is 5. The summed E-state index contributed by atoms with van der Waals surface area (Å²) in [6.07, 6.45) is 0.478. The highest BCUT2D eigenvalue weighted by Gasteiger charge is 2.46. The van der Waals surface area contributed by atoms with Crippen LogP contribution in [0.2, 0.25) is 0 Å². The fourth-order valence-corrected chi connectivity index (χ4v) is 5.02. The minimum Gasteiger partial charge on any atom is -0.459 e. The van der Waals surface area contributed by atoms with Crippen LogP contribution in [0.4, 0.5) is 0 Å². The SMILES string of the molecule is CC(C)(C)OC(=O)[C@H](CCSC#N)NC1(c2ccccc2)c2ccccc2-c2ccccc21. The Morgan fingerprint density at radius 1 is 0.970 bits per heavy atom. The molecule has 1 N–H and O–H groups in total. The lowest BCUT2D eigenvalue weighted by Gasteiger charge is -2.37. The summed E-state index contributed by atoms with van der Waals surface area (Å²) >= 11 is 1.15. The van der Waals surface area contributed by atoms with Gasteiger partial charge >= 0.3 is 5.97 Å². The van der Waals surface area contributed by atoms with Gasteiger partial charge in [-0.15, -0.1) is 0 Å². The molecule has 3 aromatic rings. The fourth-order valence-electron chi connectivity index (χ4n) is 4.58. The van der Waals surface area contributed by atoms with Crippen molar-refractivity contribution in [2.75, 3.05) is 5.75 Å². The largest absolute Gasteiger partial charge is 0.459 e. The average molecular weight is 457 g/mol. The minimum absolute atomic E-state index is 0.307. The number of nitrogens with one attached hydrogen (secondary N) is 1. The van der Waals surface area contributed by atoms with Gasteiger partial charge in [0, 0.05) is 5.75 Å². The van der Waals surface area contributed by atoms with Crippen LogP contribution in [0.5, 0.6) is 0 Å². The molecular weight excluding hydrogens is 428 g/mol. The fraction of sp³-hybridized carbons (Fsp3) is 0.286. The van der Waals surface area contributed by atoms with Gasteiger partial charge in [-0.3, -0.25) is 10.1 Å². The minimum atomic E-state index is -0.715. The summed E-state index contributed by atoms with van der Waals surface area (Å²) in [5.41, 5.74) is 4.26. The van der Waals surface area contributed by atoms with Gasteiger partial charge in [-0.2, -0.15) is 5.26 Å². The first-order valence-corrected chi connectivity index (χ1v) is 12.1. The van der Waals surface area contributed by atoms with Crippen LogP contribution in [-0.2, 0) is 15.1 Å². The van der Waals surface area contributed by atoms with E-state index in [0.29, 0.717) is 12.2 Å². The molecule has 168 valence electrons. The van der Waals surface area contributed by atoms with Gasteiger partial charge in [-0.05, 0) is 66.8 Å². The molecule has 0 fully saturated rings. The zero-order chi connectivity index (χ0) is 23.5. The zero-order valence-corrected chi connectivity index (χ0v) is 20.0. The maximum Gasteiger partial charge on any atom is 0.323 e. The van der Waals surface area contributed by atoms with E-state index in [1.54, 1.807) is 0 Å². The van der Waals surface area contributed by atoms with E-state index >= 15 is 0 Å². The predicted molar refractivity (Wildman–Crippen MR) is 134 cm³/mol. The summed E-state index contributed by atoms with van der Waals surface area (Å²) in [4.78, 5) is 13.4. The van der Waals surface area contributed by atoms with E-state index in [0.717, 1.165) is 39.6 Å². The number of carbonyl (C=O) groups excluding carboxylic acids is 1. The number of nitrogens with zero attached hydrogens (tertiary/aromatic N) is 1. The number of carbonyl (C=O) groups is 1. The summed E-state index contributed by atoms with van der Waals surface area (Å²) in [6.45, 7) is 5.62. The molecule has 0 aromatic heterocycles. The van der Waals surface area contributed by atoms with Crippen molar-refractivity contribution >= 4 is 17.7 Å². The summed E-state index contributed by atoms with van der Waals surface area (Å²) in [5.74, 6) is 0.222. The Labute approximate surface area is 200 Å². The third-order valence-corrected chi connectivity index (χ3v) is 6.38. The number of nitriles is 1. The van der Waals surface area contributed by atoms with E-state index in [1.165, 1.54) is 0 Å². The Morgan fingerprint density at radius 3 is 2.06 bits per heavy atom. The second-order valence-corrected chi connectivity index (χ2v) is 10.0. The maximum absolute atomic E-state index is 13.4. The van der Waals surface area contributed by atoms with Crippen molar-refractivity contribution in [3.8, 4) is 16.5 Å². The number of hydrogen-bond donors (Lipinski definition) is 1. The van der Waals surface area contributed by atoms with E-state index in [2.05, 4.69) is 47.1 Å². The molecule has 0 unspecified atom stereocenters. The molecule has 0 heterocycles. The molecule has 0 saturated heterocycles. The standard InChI is InChI=1S/C28H28N2O2S/c1-27(2,3)32-26(31)25(17-18-33-19-29)30-28(20-11-5-4-6-12-20)23-15-9-7-13-21(23)22-14-8-10-16-24(22)28/h4-16,25,30H,17-18H2,1-3H3/t25-/m0/s1. The van der Waals surface area contributed by atoms with Crippen molar-refractivity contribution in [1.29, 1.82) is 5.26 Å². The third kappa shape index (κ3) is 4.55. The van der Waals surface area contributed by atoms with Crippen molar-refractivity contribution < 1.29 is 9.53 Å². The molecular formula is C28H28N2O2S. The van der Waals surface area contributed by atoms with Gasteiger partial charge < -0.3 is 4.74 Å². The number of fused-ring (bicyclic) bond motifs is 3. The molecule has 0 spiro atoms. The predicted octanol–water partition coefficient (Wildman–Crippen LogP) is 5.86. The molecule has 3 aromatic carbocycles. The van der Waals surface area contributed by atoms with Gasteiger partial charge in [-0.1, -0.05) is 78.9 Å². The molecule has 5 heteroatoms. The average Bonchev–Trinajstić information content (AvgIpc) is 3.09. The normalized spacial score (nSPS) is 14.6. The Kier molecular flexibility index (Phi) is 6.60. The molecule has 0 bridgehead atoms. The lowest BCUT2D eigenvalue weighted by Crippen LogP contribution is -2.53. The second-order valence-electron chi connectivity index (χ2n) is 9.17. The molecule has 0 radical (unpaired) electrons. The number of benzene rings is 3. The monoisotopic (exact) mass is 456 g/mol. The summed E-state index contributed by atoms with van der Waals surface area (Å²) < 4.78 is 5.80. The van der Waals surface area contributed by atoms with Crippen molar-refractivity contribution in [3.05, 3.63) is 95.6 Å². The van der Waals surface area contributed by atoms with Crippen LogP contribution in [-0.4, -0.2) is 23.4 Å². The van der Waals surface area contributed by atoms with Gasteiger partial charge in [0.25, 0.3) is 0 Å². The number of esters is 1. The molecule has 0 amide bonds. The first-order chi connectivity index (χ1) is 15.9. The second kappa shape index (κ2) is 9.43. The van der Waals surface area contributed by atoms with Gasteiger partial charge in [0.05, 0.1) is 5.54 Å². The Balaban J connectivity index is 1.88. The van der Waals surface area contributed by atoms with Crippen LogP contribution in [0.25, 0.3) is 11.1 Å². The number of thiocyanates is 1. The first kappa shape index (κ1) is 23.1. The number of thioether (sulfide) groups is 1. The van der Waals surface area contributed by atoms with Gasteiger partial charge in [0.15, 0.2) is 0 Å². The zero-order valence-electron chi connectivity index (χ0n) is 19.2. The van der Waals surface area contributed by atoms with Gasteiger partial charge in [0.1, 0.15) is 17.0 Å². The van der Waals surface area contributed by atoms with Crippen molar-refractivity contribution in [3.63, 3.8) is 0 Å². The van der Waals surface area contributed by atoms with Crippen LogP contribution in [0.15, 0.2) is 78.9 Å². The summed E-state index contributed by atoms with van der Waals surface area (Å²) in [6, 6.07) is 26.4. The van der Waals surface area contributed by atoms with E-state index in [4.69, 9.17) is 10.00 Å². The number of rotatable bonds is 7. The Morgan fingerprint density at radius 2 is 1.52 bits per heavy atom. The number of ether oxygens (including phenoxy) is 1. The van der Waals surface area contributed by atoms with Crippen LogP contribution in [0.1, 0.15) is 43.9 Å². The highest BCUT2D eigenvalue weighted by molar-refractivity contribution is 8.03. The van der Waals surface area contributed by atoms with E-state index < -0.39 is 17.2 Å². The van der Waals surface area contributed by atoms with Gasteiger partial charge in [-0.25, -0.2) is 0 Å². The Hall–Kier alpha value is -3.07. The van der Waals surface area contributed by atoms with Crippen LogP contribution in [0, 0.1) is 10.7 Å². The molecule has 4 nitrogen and oxygen atoms in total. The third-order valence-electron chi connectivity index (χ3n) is 5.81. The van der Waals surface area contributed by atoms with E-state index in [1.807, 2.05) is 63.2 Å². The molecule has 33 heavy (non-hydrogen) atoms.